The molecule has 0 saturated carbocycles. The molecule has 0 radical (unpaired) electrons. The van der Waals surface area contributed by atoms with Gasteiger partial charge in [-0.15, -0.1) is 0 Å². The number of hydrazine groups is 1. The Morgan fingerprint density at radius 2 is 1.65 bits per heavy atom. The lowest BCUT2D eigenvalue weighted by atomic mass is 10.00. The van der Waals surface area contributed by atoms with Crippen LogP contribution in [0.4, 0.5) is 5.69 Å². The van der Waals surface area contributed by atoms with E-state index in [1.54, 1.807) is 30.3 Å². The van der Waals surface area contributed by atoms with Gasteiger partial charge in [0.05, 0.1) is 11.1 Å². The molecule has 0 amide bonds. The van der Waals surface area contributed by atoms with E-state index < -0.39 is 0 Å². The van der Waals surface area contributed by atoms with Crippen molar-refractivity contribution in [2.75, 3.05) is 5.73 Å². The van der Waals surface area contributed by atoms with E-state index in [9.17, 15) is 14.7 Å². The van der Waals surface area contributed by atoms with Crippen LogP contribution in [0.3, 0.4) is 0 Å². The van der Waals surface area contributed by atoms with Gasteiger partial charge < -0.3 is 10.8 Å². The van der Waals surface area contributed by atoms with Crippen molar-refractivity contribution in [2.24, 2.45) is 11.7 Å². The number of phenolic OH excluding ortho intramolecular Hbond substituents is 1. The van der Waals surface area contributed by atoms with Gasteiger partial charge in [-0.3, -0.25) is 21.3 Å². The van der Waals surface area contributed by atoms with E-state index in [2.05, 4.69) is 11.7 Å². The number of phenols is 1. The van der Waals surface area contributed by atoms with Crippen LogP contribution < -0.4 is 17.4 Å². The van der Waals surface area contributed by atoms with Crippen LogP contribution in [0, 0.1) is 0 Å². The van der Waals surface area contributed by atoms with Crippen molar-refractivity contribution >= 4 is 17.8 Å². The van der Waals surface area contributed by atoms with Gasteiger partial charge in [0.2, 0.25) is 0 Å². The molecule has 0 aliphatic carbocycles. The highest BCUT2D eigenvalue weighted by Crippen LogP contribution is 2.24. The van der Waals surface area contributed by atoms with Crippen molar-refractivity contribution in [3.05, 3.63) is 59.2 Å². The first-order valence-electron chi connectivity index (χ1n) is 5.64. The number of para-hydroxylation sites is 1. The maximum Gasteiger partial charge on any atom is 0.196 e. The fraction of sp³-hybridized carbons (Fsp3) is 0. The molecule has 2 aromatic carbocycles. The lowest BCUT2D eigenvalue weighted by Crippen LogP contribution is -2.03. The first-order valence-corrected chi connectivity index (χ1v) is 5.64. The van der Waals surface area contributed by atoms with Gasteiger partial charge in [0, 0.05) is 11.3 Å². The summed E-state index contributed by atoms with van der Waals surface area (Å²) in [5, 5.41) is 9.80. The zero-order chi connectivity index (χ0) is 15.1. The number of hydrogen-bond acceptors (Lipinski definition) is 6. The van der Waals surface area contributed by atoms with Crippen LogP contribution in [0.5, 0.6) is 5.75 Å². The van der Waals surface area contributed by atoms with Crippen molar-refractivity contribution in [3.63, 3.8) is 0 Å². The summed E-state index contributed by atoms with van der Waals surface area (Å²) in [5.74, 6) is 7.35. The lowest BCUT2D eigenvalue weighted by Gasteiger charge is -2.05. The molecular weight excluding hydrogens is 258 g/mol. The summed E-state index contributed by atoms with van der Waals surface area (Å²) in [6, 6.07) is 10.8. The highest BCUT2D eigenvalue weighted by molar-refractivity contribution is 6.11. The third-order valence-corrected chi connectivity index (χ3v) is 2.61. The first-order chi connectivity index (χ1) is 9.63. The van der Waals surface area contributed by atoms with Crippen LogP contribution in [-0.4, -0.2) is 17.2 Å². The first kappa shape index (κ1) is 15.4. The number of rotatable bonds is 3. The van der Waals surface area contributed by atoms with Crippen LogP contribution in [0.15, 0.2) is 42.5 Å². The van der Waals surface area contributed by atoms with Crippen LogP contribution in [-0.2, 0) is 0 Å². The quantitative estimate of drug-likeness (QED) is 0.215. The van der Waals surface area contributed by atoms with Crippen LogP contribution in [0.1, 0.15) is 26.3 Å². The van der Waals surface area contributed by atoms with E-state index in [0.717, 1.165) is 0 Å². The Labute approximate surface area is 115 Å². The number of hydrogen-bond donors (Lipinski definition) is 4. The summed E-state index contributed by atoms with van der Waals surface area (Å²) in [5.41, 5.74) is 6.69. The molecule has 0 spiro atoms. The second-order valence-electron chi connectivity index (χ2n) is 3.81. The molecule has 6 heteroatoms. The largest absolute Gasteiger partial charge is 0.506 e. The SMILES string of the molecule is NN.Nc1ccc(C(=O)c2cccc(C=O)c2O)cc1. The average molecular weight is 273 g/mol. The van der Waals surface area contributed by atoms with Gasteiger partial charge >= 0.3 is 0 Å². The van der Waals surface area contributed by atoms with Gasteiger partial charge in [-0.2, -0.15) is 0 Å². The molecule has 0 aliphatic heterocycles. The summed E-state index contributed by atoms with van der Waals surface area (Å²) in [7, 11) is 0. The zero-order valence-corrected chi connectivity index (χ0v) is 10.6. The number of benzene rings is 2. The number of nitrogens with two attached hydrogens (primary N) is 3. The smallest absolute Gasteiger partial charge is 0.196 e. The molecule has 0 saturated heterocycles. The maximum absolute atomic E-state index is 12.1. The number of aldehydes is 1. The third kappa shape index (κ3) is 3.19. The van der Waals surface area contributed by atoms with Gasteiger partial charge in [0.15, 0.2) is 12.1 Å². The van der Waals surface area contributed by atoms with Gasteiger partial charge in [-0.25, -0.2) is 0 Å². The van der Waals surface area contributed by atoms with Crippen LogP contribution >= 0.6 is 0 Å². The van der Waals surface area contributed by atoms with E-state index in [1.807, 2.05) is 0 Å². The second-order valence-corrected chi connectivity index (χ2v) is 3.81. The number of nitrogen functional groups attached to an aromatic ring is 1. The molecule has 2 aromatic rings. The molecule has 0 heterocycles. The summed E-state index contributed by atoms with van der Waals surface area (Å²) in [6.07, 6.45) is 0.509. The van der Waals surface area contributed by atoms with Gasteiger partial charge in [-0.1, -0.05) is 6.07 Å². The van der Waals surface area contributed by atoms with Gasteiger partial charge in [-0.05, 0) is 36.4 Å². The van der Waals surface area contributed by atoms with E-state index in [4.69, 9.17) is 5.73 Å². The lowest BCUT2D eigenvalue weighted by molar-refractivity contribution is 0.103. The second kappa shape index (κ2) is 7.03. The molecule has 0 unspecified atom stereocenters. The minimum absolute atomic E-state index is 0.0938. The molecular formula is C14H15N3O3. The van der Waals surface area contributed by atoms with E-state index in [0.29, 0.717) is 17.5 Å². The Morgan fingerprint density at radius 1 is 1.05 bits per heavy atom. The van der Waals surface area contributed by atoms with Crippen molar-refractivity contribution in [1.82, 2.24) is 0 Å². The fourth-order valence-corrected chi connectivity index (χ4v) is 1.63. The van der Waals surface area contributed by atoms with Crippen molar-refractivity contribution < 1.29 is 14.7 Å². The summed E-state index contributed by atoms with van der Waals surface area (Å²) < 4.78 is 0. The maximum atomic E-state index is 12.1. The molecule has 0 atom stereocenters. The molecule has 0 aromatic heterocycles. The summed E-state index contributed by atoms with van der Waals surface area (Å²) >= 11 is 0. The minimum atomic E-state index is -0.351. The predicted octanol–water partition coefficient (Wildman–Crippen LogP) is 0.837. The van der Waals surface area contributed by atoms with Gasteiger partial charge in [0.1, 0.15) is 5.75 Å². The van der Waals surface area contributed by atoms with Crippen molar-refractivity contribution in [3.8, 4) is 5.75 Å². The Hall–Kier alpha value is -2.70. The Bertz CT molecular complexity index is 610. The summed E-state index contributed by atoms with van der Waals surface area (Å²) in [6.45, 7) is 0. The zero-order valence-electron chi connectivity index (χ0n) is 10.6. The highest BCUT2D eigenvalue weighted by Gasteiger charge is 2.15. The molecule has 0 fully saturated rings. The van der Waals surface area contributed by atoms with Gasteiger partial charge in [0.25, 0.3) is 0 Å². The number of aromatic hydroxyl groups is 1. The minimum Gasteiger partial charge on any atom is -0.506 e. The molecule has 7 N–H and O–H groups in total. The molecule has 0 aliphatic rings. The number of ketones is 1. The number of anilines is 1. The Kier molecular flexibility index (Phi) is 5.40. The van der Waals surface area contributed by atoms with E-state index in [-0.39, 0.29) is 22.7 Å². The molecule has 20 heavy (non-hydrogen) atoms. The van der Waals surface area contributed by atoms with E-state index in [1.165, 1.54) is 12.1 Å². The average Bonchev–Trinajstić information content (AvgIpc) is 2.49. The molecule has 0 bridgehead atoms. The van der Waals surface area contributed by atoms with Crippen LogP contribution in [0.25, 0.3) is 0 Å². The topological polar surface area (TPSA) is 132 Å². The normalized spacial score (nSPS) is 9.30. The Morgan fingerprint density at radius 3 is 2.20 bits per heavy atom. The highest BCUT2D eigenvalue weighted by atomic mass is 16.3. The monoisotopic (exact) mass is 273 g/mol. The Balaban J connectivity index is 0.000000956. The molecule has 6 nitrogen and oxygen atoms in total. The van der Waals surface area contributed by atoms with Crippen LogP contribution in [0.2, 0.25) is 0 Å². The van der Waals surface area contributed by atoms with E-state index >= 15 is 0 Å². The summed E-state index contributed by atoms with van der Waals surface area (Å²) in [4.78, 5) is 22.8. The number of carbonyl (C=O) groups excluding carboxylic acids is 2. The van der Waals surface area contributed by atoms with Crippen molar-refractivity contribution in [1.29, 1.82) is 0 Å². The number of carbonyl (C=O) groups is 2. The third-order valence-electron chi connectivity index (χ3n) is 2.61. The predicted molar refractivity (Wildman–Crippen MR) is 76.2 cm³/mol. The standard InChI is InChI=1S/C14H11NO3.H4N2/c15-11-6-4-9(5-7-11)13(17)12-3-1-2-10(8-16)14(12)18;1-2/h1-8,18H,15H2;1-2H2. The fourth-order valence-electron chi connectivity index (χ4n) is 1.63. The molecule has 2 rings (SSSR count). The molecule has 104 valence electrons. The van der Waals surface area contributed by atoms with Crippen molar-refractivity contribution in [2.45, 2.75) is 0 Å².